The minimum Gasteiger partial charge on any atom is -0.394 e. The van der Waals surface area contributed by atoms with E-state index in [-0.39, 0.29) is 23.6 Å². The molecule has 0 amide bonds. The molecule has 6 nitrogen and oxygen atoms in total. The average molecular weight is 261 g/mol. The Balaban J connectivity index is 2.30. The third kappa shape index (κ3) is 2.29. The Labute approximate surface area is 101 Å². The van der Waals surface area contributed by atoms with Crippen LogP contribution < -0.4 is 5.73 Å². The summed E-state index contributed by atoms with van der Waals surface area (Å²) >= 11 is 4.93. The average Bonchev–Trinajstić information content (AvgIpc) is 2.65. The summed E-state index contributed by atoms with van der Waals surface area (Å²) in [5.41, 5.74) is 5.27. The second kappa shape index (κ2) is 4.65. The van der Waals surface area contributed by atoms with E-state index in [2.05, 4.69) is 4.98 Å². The predicted octanol–water partition coefficient (Wildman–Crippen LogP) is -0.0254. The molecule has 2 rings (SSSR count). The summed E-state index contributed by atoms with van der Waals surface area (Å²) in [4.78, 5) is 3.65. The second-order valence-corrected chi connectivity index (χ2v) is 4.14. The van der Waals surface area contributed by atoms with Crippen LogP contribution in [0.3, 0.4) is 0 Å². The summed E-state index contributed by atoms with van der Waals surface area (Å²) in [6, 6.07) is 0. The van der Waals surface area contributed by atoms with Crippen molar-refractivity contribution in [1.82, 2.24) is 9.55 Å². The number of hydrogen-bond acceptors (Lipinski definition) is 6. The molecule has 1 aliphatic heterocycles. The zero-order valence-corrected chi connectivity index (χ0v) is 9.60. The van der Waals surface area contributed by atoms with E-state index in [4.69, 9.17) is 27.8 Å². The summed E-state index contributed by atoms with van der Waals surface area (Å²) < 4.78 is 19.9. The Morgan fingerprint density at radius 3 is 3.00 bits per heavy atom. The Bertz CT molecular complexity index is 481. The number of aromatic nitrogens is 2. The number of halogens is 1. The van der Waals surface area contributed by atoms with Crippen molar-refractivity contribution in [2.75, 3.05) is 12.3 Å². The molecule has 0 saturated carbocycles. The van der Waals surface area contributed by atoms with Crippen LogP contribution in [0, 0.1) is 10.6 Å². The van der Waals surface area contributed by atoms with E-state index >= 15 is 0 Å². The number of aliphatic hydroxyl groups is 2. The predicted molar refractivity (Wildman–Crippen MR) is 59.1 cm³/mol. The SMILES string of the molecule is Nc1nc(=S)n([C@H]2C[C@H](O)[C@@H](CO)O2)cc1F. The topological polar surface area (TPSA) is 93.5 Å². The van der Waals surface area contributed by atoms with Crippen molar-refractivity contribution in [2.24, 2.45) is 0 Å². The summed E-state index contributed by atoms with van der Waals surface area (Å²) in [5, 5.41) is 18.5. The third-order valence-electron chi connectivity index (χ3n) is 2.63. The van der Waals surface area contributed by atoms with E-state index in [1.54, 1.807) is 0 Å². The fourth-order valence-corrected chi connectivity index (χ4v) is 1.98. The molecule has 4 N–H and O–H groups in total. The lowest BCUT2D eigenvalue weighted by atomic mass is 10.2. The maximum atomic E-state index is 13.3. The maximum Gasteiger partial charge on any atom is 0.203 e. The molecule has 0 spiro atoms. The van der Waals surface area contributed by atoms with Crippen LogP contribution in [0.15, 0.2) is 6.20 Å². The van der Waals surface area contributed by atoms with Crippen LogP contribution in [0.4, 0.5) is 10.2 Å². The van der Waals surface area contributed by atoms with Gasteiger partial charge in [-0.15, -0.1) is 0 Å². The molecule has 1 aromatic heterocycles. The molecule has 0 unspecified atom stereocenters. The molecular formula is C9H12FN3O3S. The summed E-state index contributed by atoms with van der Waals surface area (Å²) in [6.45, 7) is -0.310. The summed E-state index contributed by atoms with van der Waals surface area (Å²) in [6.07, 6.45) is -0.848. The second-order valence-electron chi connectivity index (χ2n) is 3.78. The van der Waals surface area contributed by atoms with Crippen molar-refractivity contribution < 1.29 is 19.3 Å². The Morgan fingerprint density at radius 2 is 2.41 bits per heavy atom. The molecule has 2 heterocycles. The van der Waals surface area contributed by atoms with Crippen molar-refractivity contribution in [2.45, 2.75) is 24.9 Å². The zero-order valence-electron chi connectivity index (χ0n) is 8.78. The number of nitrogen functional groups attached to an aromatic ring is 1. The molecule has 1 saturated heterocycles. The monoisotopic (exact) mass is 261 g/mol. The lowest BCUT2D eigenvalue weighted by Gasteiger charge is -2.15. The fraction of sp³-hybridized carbons (Fsp3) is 0.556. The smallest absolute Gasteiger partial charge is 0.203 e. The number of anilines is 1. The molecule has 1 aromatic rings. The standard InChI is InChI=1S/C9H12FN3O3S/c10-4-2-13(9(17)12-8(4)11)7-1-5(15)6(3-14)16-7/h2,5-7,14-15H,1,3H2,(H2,11,12,17)/t5-,6+,7+/m0/s1. The van der Waals surface area contributed by atoms with Crippen LogP contribution in [0.25, 0.3) is 0 Å². The number of hydrogen-bond donors (Lipinski definition) is 3. The van der Waals surface area contributed by atoms with Gasteiger partial charge < -0.3 is 20.7 Å². The molecular weight excluding hydrogens is 249 g/mol. The van der Waals surface area contributed by atoms with E-state index in [1.807, 2.05) is 0 Å². The third-order valence-corrected chi connectivity index (χ3v) is 2.93. The first kappa shape index (κ1) is 12.4. The molecule has 94 valence electrons. The molecule has 1 aliphatic rings. The Kier molecular flexibility index (Phi) is 3.38. The van der Waals surface area contributed by atoms with Crippen LogP contribution in [0.5, 0.6) is 0 Å². The molecule has 0 aliphatic carbocycles. The number of nitrogens with zero attached hydrogens (tertiary/aromatic N) is 2. The summed E-state index contributed by atoms with van der Waals surface area (Å²) in [5.74, 6) is -0.979. The highest BCUT2D eigenvalue weighted by molar-refractivity contribution is 7.71. The van der Waals surface area contributed by atoms with Gasteiger partial charge in [0, 0.05) is 12.6 Å². The van der Waals surface area contributed by atoms with Gasteiger partial charge in [-0.05, 0) is 12.2 Å². The Morgan fingerprint density at radius 1 is 1.71 bits per heavy atom. The van der Waals surface area contributed by atoms with Crippen molar-refractivity contribution in [3.05, 3.63) is 16.8 Å². The van der Waals surface area contributed by atoms with Gasteiger partial charge in [0.1, 0.15) is 12.3 Å². The van der Waals surface area contributed by atoms with Gasteiger partial charge in [-0.3, -0.25) is 4.57 Å². The molecule has 8 heteroatoms. The van der Waals surface area contributed by atoms with Crippen LogP contribution in [-0.4, -0.2) is 38.6 Å². The molecule has 3 atom stereocenters. The lowest BCUT2D eigenvalue weighted by Crippen LogP contribution is -2.24. The van der Waals surface area contributed by atoms with Gasteiger partial charge in [0.2, 0.25) is 4.77 Å². The van der Waals surface area contributed by atoms with E-state index < -0.39 is 24.3 Å². The fourth-order valence-electron chi connectivity index (χ4n) is 1.71. The Hall–Kier alpha value is -1.09. The highest BCUT2D eigenvalue weighted by Gasteiger charge is 2.34. The van der Waals surface area contributed by atoms with Gasteiger partial charge in [-0.25, -0.2) is 4.39 Å². The van der Waals surface area contributed by atoms with Crippen LogP contribution in [-0.2, 0) is 4.74 Å². The molecule has 1 fully saturated rings. The van der Waals surface area contributed by atoms with Crippen molar-refractivity contribution in [3.8, 4) is 0 Å². The van der Waals surface area contributed by atoms with E-state index in [0.29, 0.717) is 0 Å². The van der Waals surface area contributed by atoms with Gasteiger partial charge in [0.05, 0.1) is 12.7 Å². The summed E-state index contributed by atoms with van der Waals surface area (Å²) in [7, 11) is 0. The number of rotatable bonds is 2. The van der Waals surface area contributed by atoms with E-state index in [0.717, 1.165) is 6.20 Å². The first-order chi connectivity index (χ1) is 8.02. The van der Waals surface area contributed by atoms with Gasteiger partial charge in [0.25, 0.3) is 0 Å². The van der Waals surface area contributed by atoms with E-state index in [9.17, 15) is 9.50 Å². The normalized spacial score (nSPS) is 28.5. The first-order valence-corrected chi connectivity index (χ1v) is 5.42. The van der Waals surface area contributed by atoms with Crippen LogP contribution >= 0.6 is 12.2 Å². The maximum absolute atomic E-state index is 13.3. The largest absolute Gasteiger partial charge is 0.394 e. The van der Waals surface area contributed by atoms with Gasteiger partial charge in [-0.1, -0.05) is 0 Å². The highest BCUT2D eigenvalue weighted by Crippen LogP contribution is 2.29. The molecule has 0 radical (unpaired) electrons. The molecule has 17 heavy (non-hydrogen) atoms. The minimum absolute atomic E-state index is 0.0692. The quantitative estimate of drug-likeness (QED) is 0.648. The van der Waals surface area contributed by atoms with Crippen molar-refractivity contribution in [3.63, 3.8) is 0 Å². The number of ether oxygens (including phenoxy) is 1. The number of aliphatic hydroxyl groups excluding tert-OH is 2. The van der Waals surface area contributed by atoms with E-state index in [1.165, 1.54) is 4.57 Å². The first-order valence-electron chi connectivity index (χ1n) is 5.01. The zero-order chi connectivity index (χ0) is 12.6. The van der Waals surface area contributed by atoms with Gasteiger partial charge in [0.15, 0.2) is 11.6 Å². The van der Waals surface area contributed by atoms with Crippen LogP contribution in [0.1, 0.15) is 12.6 Å². The van der Waals surface area contributed by atoms with Gasteiger partial charge >= 0.3 is 0 Å². The minimum atomic E-state index is -0.812. The lowest BCUT2D eigenvalue weighted by molar-refractivity contribution is -0.0455. The molecule has 0 aromatic carbocycles. The highest BCUT2D eigenvalue weighted by atomic mass is 32.1. The number of nitrogens with two attached hydrogens (primary N) is 1. The van der Waals surface area contributed by atoms with Gasteiger partial charge in [-0.2, -0.15) is 4.98 Å². The van der Waals surface area contributed by atoms with Crippen LogP contribution in [0.2, 0.25) is 0 Å². The molecule has 0 bridgehead atoms. The van der Waals surface area contributed by atoms with Crippen molar-refractivity contribution >= 4 is 18.0 Å². The van der Waals surface area contributed by atoms with Crippen molar-refractivity contribution in [1.29, 1.82) is 0 Å².